The monoisotopic (exact) mass is 314 g/mol. The quantitative estimate of drug-likeness (QED) is 0.913. The van der Waals surface area contributed by atoms with Gasteiger partial charge in [-0.1, -0.05) is 12.1 Å². The van der Waals surface area contributed by atoms with Crippen molar-refractivity contribution in [2.24, 2.45) is 0 Å². The van der Waals surface area contributed by atoms with Gasteiger partial charge < -0.3 is 14.8 Å². The Balaban J connectivity index is 1.67. The molecule has 0 aliphatic carbocycles. The first kappa shape index (κ1) is 14.7. The molecule has 5 heteroatoms. The van der Waals surface area contributed by atoms with E-state index >= 15 is 4.39 Å². The number of anilines is 1. The summed E-state index contributed by atoms with van der Waals surface area (Å²) in [5.74, 6) is 0. The standard InChI is InChI=1S/C18H23FN4/c19-18(6-9-20-10-7-18)13-22-12-5-15-16(22)3-1-4-17(15)23-11-2-8-21-14-23/h1-5,11-12,20-21H,6-10,13-14H2. The third kappa shape index (κ3) is 2.86. The van der Waals surface area contributed by atoms with Crippen molar-refractivity contribution in [1.82, 2.24) is 15.2 Å². The van der Waals surface area contributed by atoms with Gasteiger partial charge in [-0.2, -0.15) is 0 Å². The molecule has 122 valence electrons. The lowest BCUT2D eigenvalue weighted by molar-refractivity contribution is 0.0955. The molecule has 2 aliphatic rings. The van der Waals surface area contributed by atoms with Gasteiger partial charge in [0.05, 0.1) is 24.4 Å². The van der Waals surface area contributed by atoms with Gasteiger partial charge in [-0.25, -0.2) is 4.39 Å². The van der Waals surface area contributed by atoms with E-state index in [0.29, 0.717) is 19.4 Å². The predicted octanol–water partition coefficient (Wildman–Crippen LogP) is 2.61. The Kier molecular flexibility index (Phi) is 3.83. The smallest absolute Gasteiger partial charge is 0.131 e. The van der Waals surface area contributed by atoms with Crippen molar-refractivity contribution in [1.29, 1.82) is 0 Å². The van der Waals surface area contributed by atoms with Gasteiger partial charge in [0, 0.05) is 24.3 Å². The van der Waals surface area contributed by atoms with E-state index in [1.54, 1.807) is 0 Å². The van der Waals surface area contributed by atoms with Crippen LogP contribution in [-0.2, 0) is 6.54 Å². The molecule has 1 fully saturated rings. The molecule has 4 rings (SSSR count). The molecule has 1 saturated heterocycles. The molecule has 0 unspecified atom stereocenters. The van der Waals surface area contributed by atoms with Crippen molar-refractivity contribution in [2.75, 3.05) is 31.2 Å². The Morgan fingerprint density at radius 2 is 2.00 bits per heavy atom. The number of nitrogens with zero attached hydrogens (tertiary/aromatic N) is 2. The van der Waals surface area contributed by atoms with Gasteiger partial charge >= 0.3 is 0 Å². The van der Waals surface area contributed by atoms with E-state index in [2.05, 4.69) is 56.6 Å². The molecule has 3 heterocycles. The summed E-state index contributed by atoms with van der Waals surface area (Å²) in [6.07, 6.45) is 7.44. The zero-order chi connectivity index (χ0) is 15.7. The third-order valence-electron chi connectivity index (χ3n) is 4.88. The fourth-order valence-electron chi connectivity index (χ4n) is 3.60. The molecular formula is C18H23FN4. The highest BCUT2D eigenvalue weighted by molar-refractivity contribution is 5.93. The summed E-state index contributed by atoms with van der Waals surface area (Å²) in [5, 5.41) is 7.76. The van der Waals surface area contributed by atoms with Crippen LogP contribution in [0.2, 0.25) is 0 Å². The van der Waals surface area contributed by atoms with E-state index in [-0.39, 0.29) is 0 Å². The molecule has 2 aromatic rings. The Morgan fingerprint density at radius 1 is 1.13 bits per heavy atom. The number of alkyl halides is 1. The second-order valence-corrected chi connectivity index (χ2v) is 6.52. The lowest BCUT2D eigenvalue weighted by atomic mass is 9.94. The van der Waals surface area contributed by atoms with Gasteiger partial charge in [0.2, 0.25) is 0 Å². The van der Waals surface area contributed by atoms with Gasteiger partial charge in [-0.05, 0) is 44.1 Å². The second kappa shape index (κ2) is 5.98. The minimum absolute atomic E-state index is 0.440. The highest BCUT2D eigenvalue weighted by Gasteiger charge is 2.32. The number of piperidine rings is 1. The summed E-state index contributed by atoms with van der Waals surface area (Å²) in [6.45, 7) is 3.69. The fraction of sp³-hybridized carbons (Fsp3) is 0.444. The summed E-state index contributed by atoms with van der Waals surface area (Å²) >= 11 is 0. The molecule has 0 spiro atoms. The fourth-order valence-corrected chi connectivity index (χ4v) is 3.60. The Labute approximate surface area is 136 Å². The average molecular weight is 314 g/mol. The summed E-state index contributed by atoms with van der Waals surface area (Å²) in [4.78, 5) is 2.20. The number of halogens is 1. The van der Waals surface area contributed by atoms with Crippen LogP contribution in [-0.4, -0.2) is 36.5 Å². The molecule has 1 aromatic carbocycles. The Hall–Kier alpha value is -1.85. The van der Waals surface area contributed by atoms with Crippen molar-refractivity contribution < 1.29 is 4.39 Å². The van der Waals surface area contributed by atoms with Crippen molar-refractivity contribution in [3.8, 4) is 0 Å². The number of fused-ring (bicyclic) bond motifs is 1. The van der Waals surface area contributed by atoms with Crippen LogP contribution in [0.4, 0.5) is 10.1 Å². The zero-order valence-corrected chi connectivity index (χ0v) is 13.3. The minimum atomic E-state index is -1.10. The van der Waals surface area contributed by atoms with Crippen LogP contribution in [0, 0.1) is 0 Å². The first-order valence-corrected chi connectivity index (χ1v) is 8.37. The highest BCUT2D eigenvalue weighted by atomic mass is 19.1. The third-order valence-corrected chi connectivity index (χ3v) is 4.88. The normalized spacial score (nSPS) is 21.0. The van der Waals surface area contributed by atoms with Gasteiger partial charge in [0.1, 0.15) is 5.67 Å². The van der Waals surface area contributed by atoms with Crippen LogP contribution >= 0.6 is 0 Å². The van der Waals surface area contributed by atoms with E-state index in [4.69, 9.17) is 0 Å². The molecule has 0 bridgehead atoms. The van der Waals surface area contributed by atoms with Crippen molar-refractivity contribution >= 4 is 16.6 Å². The van der Waals surface area contributed by atoms with Crippen molar-refractivity contribution in [3.05, 3.63) is 42.7 Å². The van der Waals surface area contributed by atoms with E-state index in [9.17, 15) is 0 Å². The van der Waals surface area contributed by atoms with Crippen LogP contribution in [0.3, 0.4) is 0 Å². The van der Waals surface area contributed by atoms with Gasteiger partial charge in [-0.3, -0.25) is 5.32 Å². The molecule has 0 amide bonds. The molecule has 0 radical (unpaired) electrons. The predicted molar refractivity (Wildman–Crippen MR) is 92.4 cm³/mol. The van der Waals surface area contributed by atoms with E-state index in [1.165, 1.54) is 11.1 Å². The van der Waals surface area contributed by atoms with Crippen LogP contribution in [0.1, 0.15) is 12.8 Å². The van der Waals surface area contributed by atoms with Gasteiger partial charge in [0.25, 0.3) is 0 Å². The Morgan fingerprint density at radius 3 is 2.78 bits per heavy atom. The molecule has 2 N–H and O–H groups in total. The van der Waals surface area contributed by atoms with Crippen molar-refractivity contribution in [2.45, 2.75) is 25.1 Å². The molecule has 0 saturated carbocycles. The number of hydrogen-bond acceptors (Lipinski definition) is 3. The van der Waals surface area contributed by atoms with Crippen LogP contribution in [0.25, 0.3) is 10.9 Å². The lowest BCUT2D eigenvalue weighted by Gasteiger charge is -2.30. The summed E-state index contributed by atoms with van der Waals surface area (Å²) in [6, 6.07) is 8.38. The second-order valence-electron chi connectivity index (χ2n) is 6.52. The maximum absolute atomic E-state index is 15.0. The molecule has 4 nitrogen and oxygen atoms in total. The summed E-state index contributed by atoms with van der Waals surface area (Å²) in [7, 11) is 0. The van der Waals surface area contributed by atoms with Crippen molar-refractivity contribution in [3.63, 3.8) is 0 Å². The number of aromatic nitrogens is 1. The number of benzene rings is 1. The maximum Gasteiger partial charge on any atom is 0.131 e. The van der Waals surface area contributed by atoms with E-state index in [1.807, 2.05) is 6.20 Å². The highest BCUT2D eigenvalue weighted by Crippen LogP contribution is 2.31. The number of nitrogens with one attached hydrogen (secondary N) is 2. The summed E-state index contributed by atoms with van der Waals surface area (Å²) < 4.78 is 17.1. The van der Waals surface area contributed by atoms with Crippen LogP contribution in [0.5, 0.6) is 0 Å². The van der Waals surface area contributed by atoms with Gasteiger partial charge in [-0.15, -0.1) is 0 Å². The average Bonchev–Trinajstić information content (AvgIpc) is 2.99. The minimum Gasteiger partial charge on any atom is -0.344 e. The molecule has 1 aromatic heterocycles. The first-order valence-electron chi connectivity index (χ1n) is 8.37. The molecular weight excluding hydrogens is 291 g/mol. The first-order chi connectivity index (χ1) is 11.3. The summed E-state index contributed by atoms with van der Waals surface area (Å²) in [5.41, 5.74) is 1.18. The number of rotatable bonds is 3. The van der Waals surface area contributed by atoms with E-state index < -0.39 is 5.67 Å². The van der Waals surface area contributed by atoms with E-state index in [0.717, 1.165) is 31.8 Å². The van der Waals surface area contributed by atoms with Crippen LogP contribution < -0.4 is 15.5 Å². The SMILES string of the molecule is FC1(Cn2ccc3c(N4C=CCNC4)cccc32)CCNCC1. The molecule has 2 aliphatic heterocycles. The molecule has 23 heavy (non-hydrogen) atoms. The lowest BCUT2D eigenvalue weighted by Crippen LogP contribution is -2.41. The zero-order valence-electron chi connectivity index (χ0n) is 13.3. The number of hydrogen-bond donors (Lipinski definition) is 2. The Bertz CT molecular complexity index is 715. The molecule has 0 atom stereocenters. The largest absolute Gasteiger partial charge is 0.344 e. The maximum atomic E-state index is 15.0. The van der Waals surface area contributed by atoms with Crippen LogP contribution in [0.15, 0.2) is 42.7 Å². The topological polar surface area (TPSA) is 32.2 Å². The van der Waals surface area contributed by atoms with Gasteiger partial charge in [0.15, 0.2) is 0 Å².